The van der Waals surface area contributed by atoms with E-state index in [9.17, 15) is 9.59 Å². The molecule has 1 atom stereocenters. The highest BCUT2D eigenvalue weighted by atomic mass is 16.6. The highest BCUT2D eigenvalue weighted by Crippen LogP contribution is 2.14. The van der Waals surface area contributed by atoms with Crippen LogP contribution in [0.5, 0.6) is 0 Å². The summed E-state index contributed by atoms with van der Waals surface area (Å²) >= 11 is 0. The van der Waals surface area contributed by atoms with Gasteiger partial charge in [0.25, 0.3) is 0 Å². The molecule has 0 aliphatic heterocycles. The standard InChI is InChI=1S/C33H64O13/c1-6-8-9-30(7-2)32(35)45-29-28-44-27-26-43-25-24-42-23-22-41-21-20-40-19-18-39-17-16-38-15-14-37-13-12-36-11-10-31(34)46-33(3,4)5/h30H,6-29H2,1-5H3. The van der Waals surface area contributed by atoms with Crippen LogP contribution in [-0.4, -0.2) is 143 Å². The van der Waals surface area contributed by atoms with Gasteiger partial charge in [0.05, 0.1) is 131 Å². The molecule has 0 bridgehead atoms. The molecule has 0 saturated heterocycles. The van der Waals surface area contributed by atoms with Gasteiger partial charge in [-0.3, -0.25) is 9.59 Å². The zero-order valence-electron chi connectivity index (χ0n) is 29.4. The van der Waals surface area contributed by atoms with E-state index in [0.29, 0.717) is 119 Å². The van der Waals surface area contributed by atoms with Crippen molar-refractivity contribution >= 4 is 11.9 Å². The third-order valence-electron chi connectivity index (χ3n) is 6.05. The molecule has 0 heterocycles. The maximum Gasteiger partial charge on any atom is 0.308 e. The summed E-state index contributed by atoms with van der Waals surface area (Å²) in [5, 5.41) is 0. The van der Waals surface area contributed by atoms with Crippen molar-refractivity contribution in [3.05, 3.63) is 0 Å². The number of rotatable bonds is 35. The van der Waals surface area contributed by atoms with Crippen LogP contribution in [0.1, 0.15) is 66.7 Å². The molecular formula is C33H64O13. The fourth-order valence-electron chi connectivity index (χ4n) is 3.67. The van der Waals surface area contributed by atoms with Crippen molar-refractivity contribution in [3.63, 3.8) is 0 Å². The molecule has 0 fully saturated rings. The van der Waals surface area contributed by atoms with E-state index in [1.165, 1.54) is 0 Å². The average molecular weight is 669 g/mol. The van der Waals surface area contributed by atoms with Gasteiger partial charge in [-0.1, -0.05) is 26.7 Å². The third-order valence-corrected chi connectivity index (χ3v) is 6.05. The van der Waals surface area contributed by atoms with Gasteiger partial charge in [0.1, 0.15) is 12.2 Å². The summed E-state index contributed by atoms with van der Waals surface area (Å²) in [6, 6.07) is 0. The van der Waals surface area contributed by atoms with Gasteiger partial charge in [-0.25, -0.2) is 0 Å². The molecule has 274 valence electrons. The lowest BCUT2D eigenvalue weighted by molar-refractivity contribution is -0.156. The average Bonchev–Trinajstić information content (AvgIpc) is 3.01. The SMILES string of the molecule is CCCCC(CC)C(=O)OCCOCCOCCOCCOCCOCCOCCOCCOCCOCCC(=O)OC(C)(C)C. The van der Waals surface area contributed by atoms with Gasteiger partial charge >= 0.3 is 11.9 Å². The molecule has 0 N–H and O–H groups in total. The Morgan fingerprint density at radius 2 is 0.826 bits per heavy atom. The molecule has 0 aromatic carbocycles. The van der Waals surface area contributed by atoms with E-state index >= 15 is 0 Å². The van der Waals surface area contributed by atoms with Gasteiger partial charge in [-0.05, 0) is 33.6 Å². The molecule has 0 saturated carbocycles. The Morgan fingerprint density at radius 3 is 1.13 bits per heavy atom. The minimum Gasteiger partial charge on any atom is -0.463 e. The summed E-state index contributed by atoms with van der Waals surface area (Å²) < 4.78 is 59.5. The molecule has 0 aliphatic rings. The lowest BCUT2D eigenvalue weighted by Gasteiger charge is -2.19. The third kappa shape index (κ3) is 33.9. The van der Waals surface area contributed by atoms with Crippen molar-refractivity contribution in [1.82, 2.24) is 0 Å². The smallest absolute Gasteiger partial charge is 0.308 e. The molecule has 0 amide bonds. The van der Waals surface area contributed by atoms with Crippen molar-refractivity contribution < 1.29 is 61.7 Å². The summed E-state index contributed by atoms with van der Waals surface area (Å²) in [6.45, 7) is 18.2. The number of hydrogen-bond acceptors (Lipinski definition) is 13. The fourth-order valence-corrected chi connectivity index (χ4v) is 3.67. The molecule has 0 aliphatic carbocycles. The van der Waals surface area contributed by atoms with Crippen molar-refractivity contribution in [2.24, 2.45) is 5.92 Å². The molecular weight excluding hydrogens is 604 g/mol. The van der Waals surface area contributed by atoms with Crippen molar-refractivity contribution in [2.45, 2.75) is 72.3 Å². The normalized spacial score (nSPS) is 12.4. The second-order valence-corrected chi connectivity index (χ2v) is 11.3. The predicted octanol–water partition coefficient (Wildman–Crippen LogP) is 3.63. The van der Waals surface area contributed by atoms with E-state index in [-0.39, 0.29) is 30.9 Å². The van der Waals surface area contributed by atoms with E-state index in [0.717, 1.165) is 25.7 Å². The lowest BCUT2D eigenvalue weighted by Crippen LogP contribution is -2.24. The van der Waals surface area contributed by atoms with Crippen LogP contribution >= 0.6 is 0 Å². The van der Waals surface area contributed by atoms with E-state index in [2.05, 4.69) is 6.92 Å². The van der Waals surface area contributed by atoms with E-state index in [1.54, 1.807) is 0 Å². The first-order valence-corrected chi connectivity index (χ1v) is 16.9. The van der Waals surface area contributed by atoms with E-state index in [1.807, 2.05) is 27.7 Å². The number of hydrogen-bond donors (Lipinski definition) is 0. The lowest BCUT2D eigenvalue weighted by atomic mass is 10.00. The van der Waals surface area contributed by atoms with Gasteiger partial charge in [0.15, 0.2) is 0 Å². The van der Waals surface area contributed by atoms with Gasteiger partial charge in [0.2, 0.25) is 0 Å². The van der Waals surface area contributed by atoms with Crippen molar-refractivity contribution in [1.29, 1.82) is 0 Å². The maximum atomic E-state index is 12.0. The summed E-state index contributed by atoms with van der Waals surface area (Å²) in [5.41, 5.74) is -0.475. The van der Waals surface area contributed by atoms with Crippen molar-refractivity contribution in [2.75, 3.05) is 126 Å². The highest BCUT2D eigenvalue weighted by molar-refractivity contribution is 5.72. The Morgan fingerprint density at radius 1 is 0.500 bits per heavy atom. The molecule has 46 heavy (non-hydrogen) atoms. The number of unbranched alkanes of at least 4 members (excludes halogenated alkanes) is 1. The summed E-state index contributed by atoms with van der Waals surface area (Å²) in [6.07, 6.45) is 4.05. The Kier molecular flexibility index (Phi) is 32.4. The quantitative estimate of drug-likeness (QED) is 0.0719. The minimum absolute atomic E-state index is 0.00628. The largest absolute Gasteiger partial charge is 0.463 e. The van der Waals surface area contributed by atoms with E-state index in [4.69, 9.17) is 52.1 Å². The number of carbonyl (C=O) groups is 2. The molecule has 13 nitrogen and oxygen atoms in total. The highest BCUT2D eigenvalue weighted by Gasteiger charge is 2.17. The zero-order chi connectivity index (χ0) is 34.0. The Hall–Kier alpha value is -1.42. The molecule has 0 rings (SSSR count). The monoisotopic (exact) mass is 668 g/mol. The maximum absolute atomic E-state index is 12.0. The number of carbonyl (C=O) groups excluding carboxylic acids is 2. The topological polar surface area (TPSA) is 136 Å². The first kappa shape index (κ1) is 44.6. The Balaban J connectivity index is 3.19. The molecule has 0 radical (unpaired) electrons. The van der Waals surface area contributed by atoms with Crippen LogP contribution in [0.2, 0.25) is 0 Å². The molecule has 1 unspecified atom stereocenters. The van der Waals surface area contributed by atoms with Crippen LogP contribution in [0.25, 0.3) is 0 Å². The molecule has 0 aromatic heterocycles. The van der Waals surface area contributed by atoms with E-state index < -0.39 is 5.60 Å². The number of ether oxygens (including phenoxy) is 11. The first-order valence-electron chi connectivity index (χ1n) is 16.9. The fraction of sp³-hybridized carbons (Fsp3) is 0.939. The molecule has 13 heteroatoms. The van der Waals surface area contributed by atoms with Crippen LogP contribution in [0.15, 0.2) is 0 Å². The van der Waals surface area contributed by atoms with Crippen molar-refractivity contribution in [3.8, 4) is 0 Å². The van der Waals surface area contributed by atoms with Gasteiger partial charge in [0, 0.05) is 0 Å². The zero-order valence-corrected chi connectivity index (χ0v) is 29.4. The van der Waals surface area contributed by atoms with Crippen LogP contribution in [0, 0.1) is 5.92 Å². The Labute approximate surface area is 277 Å². The Bertz CT molecular complexity index is 672. The van der Waals surface area contributed by atoms with Gasteiger partial charge in [-0.15, -0.1) is 0 Å². The van der Waals surface area contributed by atoms with Gasteiger partial charge in [-0.2, -0.15) is 0 Å². The van der Waals surface area contributed by atoms with Gasteiger partial charge < -0.3 is 52.1 Å². The number of esters is 2. The first-order chi connectivity index (χ1) is 22.3. The second-order valence-electron chi connectivity index (χ2n) is 11.3. The predicted molar refractivity (Wildman–Crippen MR) is 172 cm³/mol. The summed E-state index contributed by atoms with van der Waals surface area (Å²) in [4.78, 5) is 23.6. The van der Waals surface area contributed by atoms with Crippen LogP contribution in [0.3, 0.4) is 0 Å². The van der Waals surface area contributed by atoms with Crippen LogP contribution < -0.4 is 0 Å². The molecule has 0 spiro atoms. The second kappa shape index (κ2) is 33.5. The van der Waals surface area contributed by atoms with Crippen LogP contribution in [0.4, 0.5) is 0 Å². The summed E-state index contributed by atoms with van der Waals surface area (Å²) in [5.74, 6) is -0.396. The summed E-state index contributed by atoms with van der Waals surface area (Å²) in [7, 11) is 0. The molecule has 0 aromatic rings. The van der Waals surface area contributed by atoms with Crippen LogP contribution in [-0.2, 0) is 61.7 Å². The minimum atomic E-state index is -0.475.